The van der Waals surface area contributed by atoms with E-state index in [1.54, 1.807) is 0 Å². The van der Waals surface area contributed by atoms with Crippen molar-refractivity contribution in [1.82, 2.24) is 0 Å². The Kier molecular flexibility index (Phi) is 8.66. The smallest absolute Gasteiger partial charge is 0.307 e. The lowest BCUT2D eigenvalue weighted by Crippen LogP contribution is -2.32. The van der Waals surface area contributed by atoms with Crippen molar-refractivity contribution >= 4 is 7.60 Å². The van der Waals surface area contributed by atoms with Crippen molar-refractivity contribution in [2.75, 3.05) is 13.2 Å². The average Bonchev–Trinajstić information content (AvgIpc) is 2.82. The predicted molar refractivity (Wildman–Crippen MR) is 129 cm³/mol. The third-order valence-corrected chi connectivity index (χ3v) is 8.14. The standard InChI is InChI=1S/C27H33O3P/c1-3-5-22-29-31(28,30-23-6-4-2)27(24-16-10-7-11-17-24,25-18-12-8-13-19-25)26-20-14-9-15-21-26/h7-21H,3-6,22-23H2,1-2H3. The fraction of sp³-hybridized carbons (Fsp3) is 0.333. The van der Waals surface area contributed by atoms with Crippen LogP contribution in [0, 0.1) is 0 Å². The van der Waals surface area contributed by atoms with Crippen LogP contribution in [0.1, 0.15) is 56.2 Å². The third-order valence-electron chi connectivity index (χ3n) is 5.50. The molecular formula is C27H33O3P. The molecule has 0 amide bonds. The van der Waals surface area contributed by atoms with Gasteiger partial charge in [0.2, 0.25) is 0 Å². The van der Waals surface area contributed by atoms with E-state index in [9.17, 15) is 4.57 Å². The monoisotopic (exact) mass is 436 g/mol. The molecule has 0 aromatic heterocycles. The van der Waals surface area contributed by atoms with Gasteiger partial charge in [-0.25, -0.2) is 0 Å². The van der Waals surface area contributed by atoms with Crippen LogP contribution in [0.3, 0.4) is 0 Å². The van der Waals surface area contributed by atoms with E-state index in [0.717, 1.165) is 42.4 Å². The fourth-order valence-corrected chi connectivity index (χ4v) is 6.50. The van der Waals surface area contributed by atoms with E-state index in [1.807, 2.05) is 91.0 Å². The molecule has 4 heteroatoms. The Morgan fingerprint density at radius 2 is 0.935 bits per heavy atom. The molecule has 3 aromatic rings. The number of hydrogen-bond acceptors (Lipinski definition) is 3. The molecule has 3 nitrogen and oxygen atoms in total. The second-order valence-electron chi connectivity index (χ2n) is 7.68. The summed E-state index contributed by atoms with van der Waals surface area (Å²) in [5.74, 6) is 0. The zero-order valence-corrected chi connectivity index (χ0v) is 19.5. The average molecular weight is 437 g/mol. The molecule has 0 saturated carbocycles. The molecule has 0 saturated heterocycles. The molecule has 0 heterocycles. The molecule has 0 aliphatic heterocycles. The highest BCUT2D eigenvalue weighted by Crippen LogP contribution is 2.70. The summed E-state index contributed by atoms with van der Waals surface area (Å²) in [7, 11) is -3.69. The van der Waals surface area contributed by atoms with Crippen molar-refractivity contribution in [2.45, 2.75) is 44.7 Å². The normalized spacial score (nSPS) is 12.1. The first-order valence-corrected chi connectivity index (χ1v) is 12.8. The second kappa shape index (κ2) is 11.4. The Hall–Kier alpha value is -2.19. The Bertz CT molecular complexity index is 831. The Morgan fingerprint density at radius 1 is 0.613 bits per heavy atom. The number of benzene rings is 3. The summed E-state index contributed by atoms with van der Waals surface area (Å²) in [6.07, 6.45) is 3.58. The third kappa shape index (κ3) is 5.01. The Morgan fingerprint density at radius 3 is 1.23 bits per heavy atom. The number of hydrogen-bond donors (Lipinski definition) is 0. The van der Waals surface area contributed by atoms with Gasteiger partial charge in [0.15, 0.2) is 0 Å². The molecule has 0 spiro atoms. The maximum Gasteiger partial charge on any atom is 0.349 e. The first-order valence-electron chi connectivity index (χ1n) is 11.2. The van der Waals surface area contributed by atoms with E-state index < -0.39 is 12.8 Å². The Labute approximate surface area is 187 Å². The molecule has 0 N–H and O–H groups in total. The van der Waals surface area contributed by atoms with Crippen LogP contribution >= 0.6 is 7.60 Å². The molecule has 0 aliphatic carbocycles. The van der Waals surface area contributed by atoms with Crippen LogP contribution in [0.25, 0.3) is 0 Å². The van der Waals surface area contributed by atoms with Gasteiger partial charge in [0.1, 0.15) is 5.16 Å². The maximum atomic E-state index is 14.9. The predicted octanol–water partition coefficient (Wildman–Crippen LogP) is 7.81. The van der Waals surface area contributed by atoms with Gasteiger partial charge in [-0.05, 0) is 29.5 Å². The van der Waals surface area contributed by atoms with Crippen LogP contribution in [0.4, 0.5) is 0 Å². The van der Waals surface area contributed by atoms with E-state index in [2.05, 4.69) is 13.8 Å². The summed E-state index contributed by atoms with van der Waals surface area (Å²) in [4.78, 5) is 0. The molecule has 0 fully saturated rings. The lowest BCUT2D eigenvalue weighted by molar-refractivity contribution is 0.187. The SMILES string of the molecule is CCCCOP(=O)(OCCCC)C(c1ccccc1)(c1ccccc1)c1ccccc1. The van der Waals surface area contributed by atoms with Crippen LogP contribution < -0.4 is 0 Å². The van der Waals surface area contributed by atoms with Crippen molar-refractivity contribution in [3.05, 3.63) is 108 Å². The van der Waals surface area contributed by atoms with Crippen LogP contribution in [0.5, 0.6) is 0 Å². The molecule has 31 heavy (non-hydrogen) atoms. The quantitative estimate of drug-likeness (QED) is 0.165. The summed E-state index contributed by atoms with van der Waals surface area (Å²) in [5, 5.41) is -1.06. The molecule has 0 bridgehead atoms. The minimum atomic E-state index is -3.69. The molecule has 3 rings (SSSR count). The molecule has 0 unspecified atom stereocenters. The van der Waals surface area contributed by atoms with Gasteiger partial charge < -0.3 is 9.05 Å². The van der Waals surface area contributed by atoms with Crippen molar-refractivity contribution < 1.29 is 13.6 Å². The van der Waals surface area contributed by atoms with E-state index >= 15 is 0 Å². The van der Waals surface area contributed by atoms with E-state index in [4.69, 9.17) is 9.05 Å². The van der Waals surface area contributed by atoms with Crippen LogP contribution in [0.15, 0.2) is 91.0 Å². The topological polar surface area (TPSA) is 35.5 Å². The zero-order chi connectivity index (χ0) is 22.0. The minimum absolute atomic E-state index is 0.397. The summed E-state index contributed by atoms with van der Waals surface area (Å²) < 4.78 is 27.5. The van der Waals surface area contributed by atoms with E-state index in [1.165, 1.54) is 0 Å². The highest BCUT2D eigenvalue weighted by molar-refractivity contribution is 7.55. The van der Waals surface area contributed by atoms with Crippen LogP contribution in [0.2, 0.25) is 0 Å². The van der Waals surface area contributed by atoms with E-state index in [-0.39, 0.29) is 0 Å². The van der Waals surface area contributed by atoms with Crippen molar-refractivity contribution in [3.63, 3.8) is 0 Å². The highest BCUT2D eigenvalue weighted by atomic mass is 31.2. The van der Waals surface area contributed by atoms with Crippen molar-refractivity contribution in [2.24, 2.45) is 0 Å². The van der Waals surface area contributed by atoms with Gasteiger partial charge in [-0.2, -0.15) is 0 Å². The summed E-state index contributed by atoms with van der Waals surface area (Å²) in [6.45, 7) is 5.00. The maximum absolute atomic E-state index is 14.9. The van der Waals surface area contributed by atoms with Gasteiger partial charge >= 0.3 is 7.60 Å². The first kappa shape index (κ1) is 23.5. The molecule has 3 aromatic carbocycles. The Balaban J connectivity index is 2.32. The fourth-order valence-electron chi connectivity index (χ4n) is 3.90. The lowest BCUT2D eigenvalue weighted by atomic mass is 9.84. The zero-order valence-electron chi connectivity index (χ0n) is 18.6. The first-order chi connectivity index (χ1) is 15.2. The minimum Gasteiger partial charge on any atom is -0.307 e. The van der Waals surface area contributed by atoms with Crippen molar-refractivity contribution in [1.29, 1.82) is 0 Å². The molecule has 0 aliphatic rings. The molecule has 164 valence electrons. The van der Waals surface area contributed by atoms with Crippen LogP contribution in [-0.4, -0.2) is 13.2 Å². The number of rotatable bonds is 12. The van der Waals surface area contributed by atoms with Gasteiger partial charge in [-0.1, -0.05) is 118 Å². The molecular weight excluding hydrogens is 403 g/mol. The highest BCUT2D eigenvalue weighted by Gasteiger charge is 2.55. The summed E-state index contributed by atoms with van der Waals surface area (Å²) in [5.41, 5.74) is 2.72. The molecule has 0 atom stereocenters. The van der Waals surface area contributed by atoms with E-state index in [0.29, 0.717) is 13.2 Å². The van der Waals surface area contributed by atoms with Gasteiger partial charge in [0, 0.05) is 0 Å². The second-order valence-corrected chi connectivity index (χ2v) is 9.86. The van der Waals surface area contributed by atoms with Crippen LogP contribution in [-0.2, 0) is 18.8 Å². The van der Waals surface area contributed by atoms with Gasteiger partial charge in [-0.3, -0.25) is 4.57 Å². The van der Waals surface area contributed by atoms with Crippen molar-refractivity contribution in [3.8, 4) is 0 Å². The largest absolute Gasteiger partial charge is 0.349 e. The number of unbranched alkanes of at least 4 members (excludes halogenated alkanes) is 2. The van der Waals surface area contributed by atoms with Gasteiger partial charge in [-0.15, -0.1) is 0 Å². The van der Waals surface area contributed by atoms with Gasteiger partial charge in [0.05, 0.1) is 13.2 Å². The van der Waals surface area contributed by atoms with Gasteiger partial charge in [0.25, 0.3) is 0 Å². The lowest BCUT2D eigenvalue weighted by Gasteiger charge is -2.40. The summed E-state index contributed by atoms with van der Waals surface area (Å²) >= 11 is 0. The molecule has 0 radical (unpaired) electrons. The summed E-state index contributed by atoms with van der Waals surface area (Å²) in [6, 6.07) is 30.0.